The van der Waals surface area contributed by atoms with Crippen LogP contribution in [0.15, 0.2) is 12.7 Å². The summed E-state index contributed by atoms with van der Waals surface area (Å²) in [6, 6.07) is 0. The highest BCUT2D eigenvalue weighted by Crippen LogP contribution is 2.10. The SMILES string of the molecule is C=CCC(C)(NOS(=O)(=O)O)C(=O)O. The Balaban J connectivity index is 4.54. The molecule has 0 bridgehead atoms. The molecule has 0 aliphatic heterocycles. The summed E-state index contributed by atoms with van der Waals surface area (Å²) in [4.78, 5) is 10.7. The monoisotopic (exact) mass is 225 g/mol. The average molecular weight is 225 g/mol. The number of carboxylic acid groups (broad SMARTS) is 1. The van der Waals surface area contributed by atoms with Crippen molar-refractivity contribution in [2.75, 3.05) is 0 Å². The van der Waals surface area contributed by atoms with E-state index in [4.69, 9.17) is 9.66 Å². The van der Waals surface area contributed by atoms with Gasteiger partial charge in [-0.3, -0.25) is 9.35 Å². The van der Waals surface area contributed by atoms with E-state index in [0.29, 0.717) is 0 Å². The van der Waals surface area contributed by atoms with Crippen LogP contribution in [0.3, 0.4) is 0 Å². The summed E-state index contributed by atoms with van der Waals surface area (Å²) in [6.07, 6.45) is 1.20. The Morgan fingerprint density at radius 3 is 2.50 bits per heavy atom. The second-order valence-electron chi connectivity index (χ2n) is 2.74. The van der Waals surface area contributed by atoms with Crippen LogP contribution in [0.1, 0.15) is 13.3 Å². The lowest BCUT2D eigenvalue weighted by atomic mass is 10.00. The van der Waals surface area contributed by atoms with Crippen LogP contribution in [0.5, 0.6) is 0 Å². The van der Waals surface area contributed by atoms with Crippen LogP contribution in [0.25, 0.3) is 0 Å². The third-order valence-corrected chi connectivity index (χ3v) is 1.69. The van der Waals surface area contributed by atoms with Crippen molar-refractivity contribution in [1.82, 2.24) is 5.48 Å². The summed E-state index contributed by atoms with van der Waals surface area (Å²) in [5, 5.41) is 8.69. The number of hydrogen-bond donors (Lipinski definition) is 3. The number of aliphatic carboxylic acids is 1. The summed E-state index contributed by atoms with van der Waals surface area (Å²) < 4.78 is 32.3. The van der Waals surface area contributed by atoms with Crippen LogP contribution < -0.4 is 5.48 Å². The molecule has 0 aromatic rings. The molecule has 0 aromatic heterocycles. The molecular formula is C6H11NO6S. The van der Waals surface area contributed by atoms with E-state index in [1.165, 1.54) is 13.0 Å². The third kappa shape index (κ3) is 4.33. The molecule has 0 saturated heterocycles. The van der Waals surface area contributed by atoms with E-state index >= 15 is 0 Å². The predicted octanol–water partition coefficient (Wildman–Crippen LogP) is -0.270. The summed E-state index contributed by atoms with van der Waals surface area (Å²) in [6.45, 7) is 4.48. The predicted molar refractivity (Wildman–Crippen MR) is 46.6 cm³/mol. The van der Waals surface area contributed by atoms with Gasteiger partial charge >= 0.3 is 16.4 Å². The molecule has 1 atom stereocenters. The van der Waals surface area contributed by atoms with Crippen LogP contribution in [0, 0.1) is 0 Å². The van der Waals surface area contributed by atoms with Gasteiger partial charge in [-0.05, 0) is 13.3 Å². The maximum Gasteiger partial charge on any atom is 0.413 e. The minimum Gasteiger partial charge on any atom is -0.480 e. The van der Waals surface area contributed by atoms with E-state index in [9.17, 15) is 13.2 Å². The largest absolute Gasteiger partial charge is 0.480 e. The first kappa shape index (κ1) is 13.0. The molecule has 0 radical (unpaired) electrons. The lowest BCUT2D eigenvalue weighted by molar-refractivity contribution is -0.147. The summed E-state index contributed by atoms with van der Waals surface area (Å²) in [5.41, 5.74) is 0.0725. The topological polar surface area (TPSA) is 113 Å². The minimum atomic E-state index is -4.72. The molecule has 0 aliphatic carbocycles. The summed E-state index contributed by atoms with van der Waals surface area (Å²) in [7, 11) is -4.72. The second-order valence-corrected chi connectivity index (χ2v) is 3.77. The Morgan fingerprint density at radius 2 is 2.21 bits per heavy atom. The van der Waals surface area contributed by atoms with Crippen LogP contribution >= 0.6 is 0 Å². The van der Waals surface area contributed by atoms with E-state index in [1.807, 2.05) is 0 Å². The van der Waals surface area contributed by atoms with E-state index < -0.39 is 21.9 Å². The minimum absolute atomic E-state index is 0.0716. The Hall–Kier alpha value is -0.960. The van der Waals surface area contributed by atoms with Crippen molar-refractivity contribution in [3.8, 4) is 0 Å². The first-order valence-electron chi connectivity index (χ1n) is 3.48. The molecule has 0 rings (SSSR count). The van der Waals surface area contributed by atoms with Crippen molar-refractivity contribution in [1.29, 1.82) is 0 Å². The van der Waals surface area contributed by atoms with Crippen molar-refractivity contribution < 1.29 is 27.2 Å². The van der Waals surface area contributed by atoms with E-state index in [2.05, 4.69) is 10.9 Å². The van der Waals surface area contributed by atoms with Crippen LogP contribution in [0.2, 0.25) is 0 Å². The molecule has 0 spiro atoms. The van der Waals surface area contributed by atoms with Crippen molar-refractivity contribution in [3.63, 3.8) is 0 Å². The van der Waals surface area contributed by atoms with Gasteiger partial charge in [0, 0.05) is 0 Å². The first-order valence-corrected chi connectivity index (χ1v) is 4.85. The van der Waals surface area contributed by atoms with E-state index in [1.54, 1.807) is 5.48 Å². The Labute approximate surface area is 81.3 Å². The lowest BCUT2D eigenvalue weighted by Crippen LogP contribution is -2.49. The van der Waals surface area contributed by atoms with Crippen LogP contribution in [-0.2, 0) is 19.5 Å². The van der Waals surface area contributed by atoms with Gasteiger partial charge in [-0.2, -0.15) is 18.2 Å². The quantitative estimate of drug-likeness (QED) is 0.324. The molecule has 0 heterocycles. The molecule has 8 heteroatoms. The van der Waals surface area contributed by atoms with Gasteiger partial charge in [0.2, 0.25) is 0 Å². The maximum absolute atomic E-state index is 10.7. The van der Waals surface area contributed by atoms with Crippen molar-refractivity contribution in [2.24, 2.45) is 0 Å². The van der Waals surface area contributed by atoms with Gasteiger partial charge in [-0.1, -0.05) is 6.08 Å². The fourth-order valence-corrected chi connectivity index (χ4v) is 0.895. The van der Waals surface area contributed by atoms with Gasteiger partial charge in [-0.25, -0.2) is 0 Å². The summed E-state index contributed by atoms with van der Waals surface area (Å²) in [5.74, 6) is -1.33. The zero-order chi connectivity index (χ0) is 11.4. The highest BCUT2D eigenvalue weighted by atomic mass is 32.3. The highest BCUT2D eigenvalue weighted by molar-refractivity contribution is 7.80. The number of hydroxylamine groups is 1. The van der Waals surface area contributed by atoms with Crippen molar-refractivity contribution in [3.05, 3.63) is 12.7 Å². The molecule has 0 fully saturated rings. The second kappa shape index (κ2) is 4.51. The molecule has 7 nitrogen and oxygen atoms in total. The fourth-order valence-electron chi connectivity index (χ4n) is 0.606. The van der Waals surface area contributed by atoms with Gasteiger partial charge in [0.15, 0.2) is 0 Å². The Bertz CT molecular complexity index is 323. The van der Waals surface area contributed by atoms with E-state index in [0.717, 1.165) is 0 Å². The molecular weight excluding hydrogens is 214 g/mol. The molecule has 1 unspecified atom stereocenters. The average Bonchev–Trinajstić information content (AvgIpc) is 2.00. The number of rotatable bonds is 6. The number of hydrogen-bond acceptors (Lipinski definition) is 5. The normalized spacial score (nSPS) is 15.9. The van der Waals surface area contributed by atoms with Crippen molar-refractivity contribution in [2.45, 2.75) is 18.9 Å². The van der Waals surface area contributed by atoms with Gasteiger partial charge < -0.3 is 5.11 Å². The van der Waals surface area contributed by atoms with Gasteiger partial charge in [0.25, 0.3) is 0 Å². The third-order valence-electron chi connectivity index (χ3n) is 1.40. The van der Waals surface area contributed by atoms with Gasteiger partial charge in [-0.15, -0.1) is 6.58 Å². The molecule has 0 amide bonds. The fraction of sp³-hybridized carbons (Fsp3) is 0.500. The Kier molecular flexibility index (Phi) is 4.20. The van der Waals surface area contributed by atoms with Crippen molar-refractivity contribution >= 4 is 16.4 Å². The van der Waals surface area contributed by atoms with Gasteiger partial charge in [0.1, 0.15) is 5.54 Å². The molecule has 3 N–H and O–H groups in total. The first-order chi connectivity index (χ1) is 6.21. The summed E-state index contributed by atoms with van der Waals surface area (Å²) >= 11 is 0. The smallest absolute Gasteiger partial charge is 0.413 e. The standard InChI is InChI=1S/C6H11NO6S/c1-3-4-6(2,5(8)9)7-13-14(10,11)12/h3,7H,1,4H2,2H3,(H,8,9)(H,10,11,12). The van der Waals surface area contributed by atoms with E-state index in [-0.39, 0.29) is 6.42 Å². The zero-order valence-corrected chi connectivity index (χ0v) is 8.24. The molecule has 0 aromatic carbocycles. The highest BCUT2D eigenvalue weighted by Gasteiger charge is 2.33. The number of carbonyl (C=O) groups is 1. The molecule has 0 aliphatic rings. The van der Waals surface area contributed by atoms with Crippen LogP contribution in [0.4, 0.5) is 0 Å². The number of carboxylic acids is 1. The molecule has 82 valence electrons. The molecule has 14 heavy (non-hydrogen) atoms. The van der Waals surface area contributed by atoms with Crippen LogP contribution in [-0.4, -0.2) is 29.6 Å². The zero-order valence-electron chi connectivity index (χ0n) is 7.43. The Morgan fingerprint density at radius 1 is 1.71 bits per heavy atom. The number of nitrogens with one attached hydrogen (secondary N) is 1. The van der Waals surface area contributed by atoms with Gasteiger partial charge in [0.05, 0.1) is 0 Å². The molecule has 0 saturated carbocycles. The lowest BCUT2D eigenvalue weighted by Gasteiger charge is -2.22. The maximum atomic E-state index is 10.7.